The van der Waals surface area contributed by atoms with Gasteiger partial charge in [0.1, 0.15) is 10.8 Å². The number of carbonyl (C=O) groups excluding carboxylic acids is 1. The normalized spacial score (nSPS) is 12.2. The minimum Gasteiger partial charge on any atom is -0.454 e. The number of nitrogens with one attached hydrogen (secondary N) is 1. The van der Waals surface area contributed by atoms with Crippen LogP contribution in [0, 0.1) is 0 Å². The maximum atomic E-state index is 11.9. The van der Waals surface area contributed by atoms with Gasteiger partial charge in [-0.05, 0) is 6.07 Å². The lowest BCUT2D eigenvalue weighted by Crippen LogP contribution is -2.24. The van der Waals surface area contributed by atoms with Gasteiger partial charge in [-0.25, -0.2) is 9.97 Å². The first-order chi connectivity index (χ1) is 9.74. The van der Waals surface area contributed by atoms with Crippen molar-refractivity contribution in [3.63, 3.8) is 0 Å². The lowest BCUT2D eigenvalue weighted by Gasteiger charge is -2.07. The van der Waals surface area contributed by atoms with E-state index in [9.17, 15) is 4.79 Å². The molecule has 0 saturated carbocycles. The number of amides is 1. The van der Waals surface area contributed by atoms with E-state index in [-0.39, 0.29) is 23.5 Å². The Morgan fingerprint density at radius 2 is 2.20 bits per heavy atom. The first-order valence-electron chi connectivity index (χ1n) is 5.87. The summed E-state index contributed by atoms with van der Waals surface area (Å²) >= 11 is 5.62. The van der Waals surface area contributed by atoms with Crippen molar-refractivity contribution < 1.29 is 14.3 Å². The Hall–Kier alpha value is -2.34. The van der Waals surface area contributed by atoms with Gasteiger partial charge in [0.05, 0.1) is 12.4 Å². The van der Waals surface area contributed by atoms with Crippen molar-refractivity contribution in [2.75, 3.05) is 6.79 Å². The highest BCUT2D eigenvalue weighted by Crippen LogP contribution is 2.35. The number of aromatic nitrogens is 2. The second-order valence-electron chi connectivity index (χ2n) is 4.06. The number of hydrogen-bond acceptors (Lipinski definition) is 5. The fourth-order valence-corrected chi connectivity index (χ4v) is 1.92. The van der Waals surface area contributed by atoms with Crippen LogP contribution in [0.3, 0.4) is 0 Å². The average molecular weight is 292 g/mol. The van der Waals surface area contributed by atoms with E-state index < -0.39 is 0 Å². The van der Waals surface area contributed by atoms with Gasteiger partial charge in [0.2, 0.25) is 6.79 Å². The molecule has 1 N–H and O–H groups in total. The Kier molecular flexibility index (Phi) is 3.39. The molecule has 2 aromatic rings. The highest BCUT2D eigenvalue weighted by atomic mass is 35.5. The van der Waals surface area contributed by atoms with E-state index >= 15 is 0 Å². The van der Waals surface area contributed by atoms with E-state index in [2.05, 4.69) is 15.3 Å². The predicted molar refractivity (Wildman–Crippen MR) is 70.8 cm³/mol. The van der Waals surface area contributed by atoms with Crippen molar-refractivity contribution in [1.82, 2.24) is 15.3 Å². The van der Waals surface area contributed by atoms with Crippen molar-refractivity contribution in [3.8, 4) is 11.5 Å². The molecule has 1 aromatic heterocycles. The highest BCUT2D eigenvalue weighted by molar-refractivity contribution is 6.29. The molecular formula is C13H10ClN3O3. The molecule has 0 radical (unpaired) electrons. The number of fused-ring (bicyclic) bond motifs is 1. The van der Waals surface area contributed by atoms with Gasteiger partial charge >= 0.3 is 0 Å². The van der Waals surface area contributed by atoms with Gasteiger partial charge in [0.15, 0.2) is 11.5 Å². The topological polar surface area (TPSA) is 73.3 Å². The maximum absolute atomic E-state index is 11.9. The zero-order valence-corrected chi connectivity index (χ0v) is 11.1. The molecule has 0 saturated heterocycles. The zero-order valence-electron chi connectivity index (χ0n) is 10.3. The molecule has 7 heteroatoms. The Morgan fingerprint density at radius 1 is 1.30 bits per heavy atom. The lowest BCUT2D eigenvalue weighted by molar-refractivity contribution is 0.0945. The third kappa shape index (κ3) is 2.50. The maximum Gasteiger partial charge on any atom is 0.271 e. The number of carbonyl (C=O) groups is 1. The molecule has 2 heterocycles. The summed E-state index contributed by atoms with van der Waals surface area (Å²) in [5.74, 6) is 1.02. The van der Waals surface area contributed by atoms with Crippen LogP contribution in [-0.2, 0) is 6.54 Å². The monoisotopic (exact) mass is 291 g/mol. The Morgan fingerprint density at radius 3 is 3.00 bits per heavy atom. The molecule has 1 amide bonds. The van der Waals surface area contributed by atoms with Crippen LogP contribution in [0.5, 0.6) is 11.5 Å². The fraction of sp³-hybridized carbons (Fsp3) is 0.154. The van der Waals surface area contributed by atoms with Crippen molar-refractivity contribution in [3.05, 3.63) is 47.0 Å². The summed E-state index contributed by atoms with van der Waals surface area (Å²) in [4.78, 5) is 19.6. The van der Waals surface area contributed by atoms with E-state index in [1.807, 2.05) is 18.2 Å². The largest absolute Gasteiger partial charge is 0.454 e. The molecule has 1 aliphatic heterocycles. The van der Waals surface area contributed by atoms with Crippen LogP contribution in [0.2, 0.25) is 5.15 Å². The third-order valence-corrected chi connectivity index (χ3v) is 2.97. The molecule has 1 aliphatic rings. The van der Waals surface area contributed by atoms with E-state index in [1.54, 1.807) is 0 Å². The van der Waals surface area contributed by atoms with Gasteiger partial charge < -0.3 is 14.8 Å². The molecule has 0 unspecified atom stereocenters. The molecule has 0 bridgehead atoms. The number of benzene rings is 1. The van der Waals surface area contributed by atoms with Crippen LogP contribution in [0.15, 0.2) is 30.6 Å². The van der Waals surface area contributed by atoms with Crippen LogP contribution in [-0.4, -0.2) is 22.7 Å². The smallest absolute Gasteiger partial charge is 0.271 e. The van der Waals surface area contributed by atoms with E-state index in [4.69, 9.17) is 21.1 Å². The van der Waals surface area contributed by atoms with Gasteiger partial charge in [0, 0.05) is 12.1 Å². The minimum atomic E-state index is -0.328. The van der Waals surface area contributed by atoms with Crippen LogP contribution in [0.4, 0.5) is 0 Å². The Labute approximate surface area is 119 Å². The predicted octanol–water partition coefficient (Wildman–Crippen LogP) is 1.79. The van der Waals surface area contributed by atoms with Crippen molar-refractivity contribution in [1.29, 1.82) is 0 Å². The van der Waals surface area contributed by atoms with Crippen molar-refractivity contribution in [2.45, 2.75) is 6.54 Å². The lowest BCUT2D eigenvalue weighted by atomic mass is 10.2. The Bertz CT molecular complexity index is 646. The summed E-state index contributed by atoms with van der Waals surface area (Å²) in [6, 6.07) is 5.52. The minimum absolute atomic E-state index is 0.197. The SMILES string of the molecule is O=C(NCc1cccc2c1OCO2)c1cnc(Cl)cn1. The van der Waals surface area contributed by atoms with Crippen LogP contribution < -0.4 is 14.8 Å². The number of nitrogens with zero attached hydrogens (tertiary/aromatic N) is 2. The van der Waals surface area contributed by atoms with Crippen LogP contribution in [0.25, 0.3) is 0 Å². The number of hydrogen-bond donors (Lipinski definition) is 1. The third-order valence-electron chi connectivity index (χ3n) is 2.77. The fourth-order valence-electron chi connectivity index (χ4n) is 1.83. The summed E-state index contributed by atoms with van der Waals surface area (Å²) in [6.45, 7) is 0.513. The molecule has 1 aromatic carbocycles. The van der Waals surface area contributed by atoms with Crippen LogP contribution in [0.1, 0.15) is 16.1 Å². The number of halogens is 1. The van der Waals surface area contributed by atoms with Crippen molar-refractivity contribution in [2.24, 2.45) is 0 Å². The molecule has 0 aliphatic carbocycles. The molecule has 0 spiro atoms. The number of rotatable bonds is 3. The molecule has 20 heavy (non-hydrogen) atoms. The average Bonchev–Trinajstić information content (AvgIpc) is 2.94. The summed E-state index contributed by atoms with van der Waals surface area (Å²) in [5, 5.41) is 2.99. The van der Waals surface area contributed by atoms with E-state index in [0.717, 1.165) is 5.56 Å². The first kappa shape index (κ1) is 12.7. The number of para-hydroxylation sites is 1. The van der Waals surface area contributed by atoms with Gasteiger partial charge in [0.25, 0.3) is 5.91 Å². The summed E-state index contributed by atoms with van der Waals surface area (Å²) in [5.41, 5.74) is 1.05. The van der Waals surface area contributed by atoms with Gasteiger partial charge in [-0.15, -0.1) is 0 Å². The second-order valence-corrected chi connectivity index (χ2v) is 4.45. The first-order valence-corrected chi connectivity index (χ1v) is 6.25. The standard InChI is InChI=1S/C13H10ClN3O3/c14-11-6-15-9(5-16-11)13(18)17-4-8-2-1-3-10-12(8)20-7-19-10/h1-3,5-6H,4,7H2,(H,17,18). The summed E-state index contributed by atoms with van der Waals surface area (Å²) in [6.07, 6.45) is 2.65. The van der Waals surface area contributed by atoms with Gasteiger partial charge in [-0.1, -0.05) is 23.7 Å². The summed E-state index contributed by atoms with van der Waals surface area (Å²) < 4.78 is 10.6. The van der Waals surface area contributed by atoms with Gasteiger partial charge in [-0.3, -0.25) is 4.79 Å². The van der Waals surface area contributed by atoms with Crippen molar-refractivity contribution >= 4 is 17.5 Å². The highest BCUT2D eigenvalue weighted by Gasteiger charge is 2.17. The molecule has 102 valence electrons. The summed E-state index contributed by atoms with van der Waals surface area (Å²) in [7, 11) is 0. The molecule has 3 rings (SSSR count). The molecule has 0 fully saturated rings. The second kappa shape index (κ2) is 5.34. The van der Waals surface area contributed by atoms with E-state index in [0.29, 0.717) is 18.0 Å². The zero-order chi connectivity index (χ0) is 13.9. The Balaban J connectivity index is 1.69. The van der Waals surface area contributed by atoms with E-state index in [1.165, 1.54) is 12.4 Å². The number of ether oxygens (including phenoxy) is 2. The molecule has 6 nitrogen and oxygen atoms in total. The van der Waals surface area contributed by atoms with Crippen LogP contribution >= 0.6 is 11.6 Å². The quantitative estimate of drug-likeness (QED) is 0.933. The molecular weight excluding hydrogens is 282 g/mol. The molecule has 0 atom stereocenters. The van der Waals surface area contributed by atoms with Gasteiger partial charge in [-0.2, -0.15) is 0 Å².